The fourth-order valence-corrected chi connectivity index (χ4v) is 9.26. The fraction of sp³-hybridized carbons (Fsp3) is 0.655. The van der Waals surface area contributed by atoms with E-state index in [1.165, 1.54) is 17.5 Å². The Morgan fingerprint density at radius 2 is 1.22 bits per heavy atom. The van der Waals surface area contributed by atoms with E-state index in [0.717, 1.165) is 12.6 Å². The Bertz CT molecular complexity index is 1020. The van der Waals surface area contributed by atoms with E-state index in [0.29, 0.717) is 12.8 Å². The van der Waals surface area contributed by atoms with Gasteiger partial charge in [-0.15, -0.1) is 9.24 Å². The Labute approximate surface area is 217 Å². The molecule has 0 spiro atoms. The Hall–Kier alpha value is -2.07. The number of carbonyl (C=O) groups excluding carboxylic acids is 4. The Kier molecular flexibility index (Phi) is 7.00. The van der Waals surface area contributed by atoms with Gasteiger partial charge in [0.2, 0.25) is 23.6 Å². The van der Waals surface area contributed by atoms with Crippen LogP contribution in [0.4, 0.5) is 0 Å². The van der Waals surface area contributed by atoms with Gasteiger partial charge in [0.1, 0.15) is 0 Å². The zero-order valence-corrected chi connectivity index (χ0v) is 23.7. The molecule has 2 heterocycles. The molecule has 6 atom stereocenters. The van der Waals surface area contributed by atoms with Gasteiger partial charge in [-0.05, 0) is 49.2 Å². The van der Waals surface area contributed by atoms with Crippen LogP contribution in [0, 0.1) is 29.1 Å². The zero-order chi connectivity index (χ0) is 26.6. The highest BCUT2D eigenvalue weighted by Gasteiger charge is 2.66. The zero-order valence-electron chi connectivity index (χ0n) is 22.5. The van der Waals surface area contributed by atoms with Crippen LogP contribution in [0.25, 0.3) is 0 Å². The van der Waals surface area contributed by atoms with E-state index in [-0.39, 0.29) is 41.9 Å². The molecule has 4 rings (SSSR count). The molecule has 6 nitrogen and oxygen atoms in total. The molecule has 2 saturated heterocycles. The maximum absolute atomic E-state index is 14.1. The summed E-state index contributed by atoms with van der Waals surface area (Å²) in [7, 11) is 4.44. The van der Waals surface area contributed by atoms with Gasteiger partial charge in [-0.25, -0.2) is 0 Å². The highest BCUT2D eigenvalue weighted by atomic mass is 31.0. The van der Waals surface area contributed by atoms with Crippen molar-refractivity contribution in [3.05, 3.63) is 35.9 Å². The topological polar surface area (TPSA) is 74.8 Å². The number of nitrogens with zero attached hydrogens (tertiary/aromatic N) is 2. The summed E-state index contributed by atoms with van der Waals surface area (Å²) in [4.78, 5) is 56.6. The summed E-state index contributed by atoms with van der Waals surface area (Å²) in [5, 5.41) is 0. The standard InChI is InChI=1S/C29H41N2O4P/c1-7-28(17-36,18-13-11-10-12-14-18)27(4,5)29(8-2,9-3)31-25(34)21-15-19-20(16-22(21)26(31)35)24(33)30(6)23(19)32/h10-14,19-22H,7-9,15-17,36H2,1-6H3. The van der Waals surface area contributed by atoms with Gasteiger partial charge in [-0.1, -0.05) is 65.0 Å². The van der Waals surface area contributed by atoms with Gasteiger partial charge in [0, 0.05) is 12.5 Å². The molecule has 1 aromatic carbocycles. The first-order valence-electron chi connectivity index (χ1n) is 13.4. The minimum atomic E-state index is -0.707. The molecule has 196 valence electrons. The lowest BCUT2D eigenvalue weighted by Gasteiger charge is -2.60. The molecule has 3 fully saturated rings. The van der Waals surface area contributed by atoms with Gasteiger partial charge in [0.25, 0.3) is 0 Å². The highest BCUT2D eigenvalue weighted by molar-refractivity contribution is 7.16. The van der Waals surface area contributed by atoms with Crippen LogP contribution in [0.15, 0.2) is 30.3 Å². The first-order chi connectivity index (χ1) is 17.0. The largest absolute Gasteiger partial charge is 0.285 e. The van der Waals surface area contributed by atoms with Crippen molar-refractivity contribution in [3.8, 4) is 0 Å². The summed E-state index contributed by atoms with van der Waals surface area (Å²) < 4.78 is 0. The van der Waals surface area contributed by atoms with E-state index in [1.54, 1.807) is 4.90 Å². The molecule has 0 bridgehead atoms. The molecule has 0 radical (unpaired) electrons. The first-order valence-corrected chi connectivity index (χ1v) is 14.3. The van der Waals surface area contributed by atoms with E-state index in [9.17, 15) is 19.2 Å². The van der Waals surface area contributed by atoms with E-state index in [4.69, 9.17) is 0 Å². The summed E-state index contributed by atoms with van der Waals surface area (Å²) >= 11 is 0. The van der Waals surface area contributed by atoms with Crippen LogP contribution < -0.4 is 0 Å². The fourth-order valence-electron chi connectivity index (χ4n) is 8.22. The molecule has 6 unspecified atom stereocenters. The van der Waals surface area contributed by atoms with Crippen LogP contribution in [0.2, 0.25) is 0 Å². The molecular weight excluding hydrogens is 471 g/mol. The minimum Gasteiger partial charge on any atom is -0.285 e. The van der Waals surface area contributed by atoms with E-state index >= 15 is 0 Å². The summed E-state index contributed by atoms with van der Waals surface area (Å²) in [6.07, 6.45) is 3.51. The SMILES string of the molecule is CCC(CP)(c1ccccc1)C(C)(C)C(CC)(CC)N1C(=O)C2CC3C(=O)N(C)C(=O)C3CC2C1=O. The smallest absolute Gasteiger partial charge is 0.233 e. The molecule has 1 aromatic rings. The Balaban J connectivity index is 1.80. The van der Waals surface area contributed by atoms with Crippen molar-refractivity contribution in [1.29, 1.82) is 0 Å². The number of hydrogen-bond acceptors (Lipinski definition) is 4. The minimum absolute atomic E-state index is 0.156. The van der Waals surface area contributed by atoms with Gasteiger partial charge < -0.3 is 0 Å². The second-order valence-electron chi connectivity index (χ2n) is 11.5. The van der Waals surface area contributed by atoms with Crippen molar-refractivity contribution in [2.45, 2.75) is 77.7 Å². The molecule has 0 aromatic heterocycles. The van der Waals surface area contributed by atoms with Crippen molar-refractivity contribution in [3.63, 3.8) is 0 Å². The number of rotatable bonds is 8. The third kappa shape index (κ3) is 3.32. The van der Waals surface area contributed by atoms with Gasteiger partial charge >= 0.3 is 0 Å². The molecule has 1 saturated carbocycles. The van der Waals surface area contributed by atoms with Crippen molar-refractivity contribution in [2.75, 3.05) is 13.2 Å². The van der Waals surface area contributed by atoms with Crippen molar-refractivity contribution in [2.24, 2.45) is 29.1 Å². The Morgan fingerprint density at radius 1 is 0.778 bits per heavy atom. The van der Waals surface area contributed by atoms with Crippen molar-refractivity contribution in [1.82, 2.24) is 9.80 Å². The van der Waals surface area contributed by atoms with Gasteiger partial charge in [-0.3, -0.25) is 29.0 Å². The lowest BCUT2D eigenvalue weighted by atomic mass is 9.51. The van der Waals surface area contributed by atoms with Gasteiger partial charge in [0.15, 0.2) is 0 Å². The Morgan fingerprint density at radius 3 is 1.61 bits per heavy atom. The van der Waals surface area contributed by atoms with Gasteiger partial charge in [-0.2, -0.15) is 0 Å². The van der Waals surface area contributed by atoms with Crippen LogP contribution in [-0.4, -0.2) is 52.2 Å². The van der Waals surface area contributed by atoms with Crippen molar-refractivity contribution >= 4 is 32.9 Å². The monoisotopic (exact) mass is 512 g/mol. The maximum Gasteiger partial charge on any atom is 0.233 e. The second kappa shape index (κ2) is 9.35. The van der Waals surface area contributed by atoms with Crippen LogP contribution >= 0.6 is 9.24 Å². The summed E-state index contributed by atoms with van der Waals surface area (Å²) in [5.74, 6) is -2.77. The first kappa shape index (κ1) is 27.0. The highest BCUT2D eigenvalue weighted by Crippen LogP contribution is 2.59. The van der Waals surface area contributed by atoms with E-state index in [2.05, 4.69) is 68.1 Å². The molecule has 4 amide bonds. The lowest BCUT2D eigenvalue weighted by Crippen LogP contribution is -2.66. The summed E-state index contributed by atoms with van der Waals surface area (Å²) in [6.45, 7) is 10.8. The number of fused-ring (bicyclic) bond motifs is 2. The number of hydrogen-bond donors (Lipinski definition) is 0. The summed E-state index contributed by atoms with van der Waals surface area (Å²) in [5.41, 5.74) is -0.239. The number of likely N-dealkylation sites (tertiary alicyclic amines) is 2. The molecule has 3 aliphatic rings. The van der Waals surface area contributed by atoms with Crippen LogP contribution in [0.1, 0.15) is 72.3 Å². The van der Waals surface area contributed by atoms with Crippen LogP contribution in [-0.2, 0) is 24.6 Å². The molecule has 36 heavy (non-hydrogen) atoms. The third-order valence-corrected chi connectivity index (χ3v) is 11.3. The van der Waals surface area contributed by atoms with Crippen molar-refractivity contribution < 1.29 is 19.2 Å². The quantitative estimate of drug-likeness (QED) is 0.382. The van der Waals surface area contributed by atoms with Gasteiger partial charge in [0.05, 0.1) is 29.2 Å². The van der Waals surface area contributed by atoms with Crippen LogP contribution in [0.3, 0.4) is 0 Å². The molecule has 1 aliphatic carbocycles. The number of carbonyl (C=O) groups is 4. The second-order valence-corrected chi connectivity index (χ2v) is 11.9. The number of benzene rings is 1. The molecule has 0 N–H and O–H groups in total. The van der Waals surface area contributed by atoms with Crippen LogP contribution in [0.5, 0.6) is 0 Å². The summed E-state index contributed by atoms with van der Waals surface area (Å²) in [6, 6.07) is 10.4. The lowest BCUT2D eigenvalue weighted by molar-refractivity contribution is -0.158. The average Bonchev–Trinajstić information content (AvgIpc) is 3.25. The number of amides is 4. The number of imide groups is 2. The van der Waals surface area contributed by atoms with E-state index < -0.39 is 34.6 Å². The average molecular weight is 513 g/mol. The predicted molar refractivity (Wildman–Crippen MR) is 143 cm³/mol. The third-order valence-electron chi connectivity index (χ3n) is 10.6. The normalized spacial score (nSPS) is 28.4. The molecule has 2 aliphatic heterocycles. The maximum atomic E-state index is 14.1. The molecular formula is C29H41N2O4P. The van der Waals surface area contributed by atoms with E-state index in [1.807, 2.05) is 6.07 Å². The predicted octanol–water partition coefficient (Wildman–Crippen LogP) is 4.42. The molecule has 7 heteroatoms.